The number of carbonyl (C=O) groups is 1. The largest absolute Gasteiger partial charge is 0.417 e. The molecule has 1 saturated heterocycles. The van der Waals surface area contributed by atoms with Gasteiger partial charge in [-0.2, -0.15) is 17.5 Å². The van der Waals surface area contributed by atoms with Gasteiger partial charge in [0.25, 0.3) is 0 Å². The lowest BCUT2D eigenvalue weighted by atomic mass is 9.64. The van der Waals surface area contributed by atoms with Crippen LogP contribution in [-0.4, -0.2) is 38.3 Å². The molecule has 0 spiro atoms. The SMILES string of the molecule is O=C(NCC1(c2ccccc2)CCC1)C1CCN(S(=O)(=O)c2ccccc2C(F)(F)F)CC1. The third-order valence-electron chi connectivity index (χ3n) is 6.93. The number of rotatable bonds is 6. The molecule has 1 N–H and O–H groups in total. The van der Waals surface area contributed by atoms with E-state index in [1.807, 2.05) is 18.2 Å². The molecule has 0 unspecified atom stereocenters. The van der Waals surface area contributed by atoms with Gasteiger partial charge in [-0.3, -0.25) is 4.79 Å². The average molecular weight is 481 g/mol. The number of nitrogens with one attached hydrogen (secondary N) is 1. The predicted molar refractivity (Wildman–Crippen MR) is 118 cm³/mol. The first kappa shape index (κ1) is 23.8. The van der Waals surface area contributed by atoms with Crippen LogP contribution in [0.15, 0.2) is 59.5 Å². The molecule has 2 fully saturated rings. The number of nitrogens with zero attached hydrogens (tertiary/aromatic N) is 1. The first-order valence-electron chi connectivity index (χ1n) is 11.1. The van der Waals surface area contributed by atoms with Crippen molar-refractivity contribution in [2.24, 2.45) is 5.92 Å². The first-order chi connectivity index (χ1) is 15.6. The van der Waals surface area contributed by atoms with E-state index in [9.17, 15) is 26.4 Å². The molecule has 1 saturated carbocycles. The van der Waals surface area contributed by atoms with Crippen LogP contribution < -0.4 is 5.32 Å². The van der Waals surface area contributed by atoms with Crippen LogP contribution in [0, 0.1) is 5.92 Å². The number of carbonyl (C=O) groups excluding carboxylic acids is 1. The number of piperidine rings is 1. The van der Waals surface area contributed by atoms with Gasteiger partial charge >= 0.3 is 6.18 Å². The maximum absolute atomic E-state index is 13.3. The molecule has 1 aliphatic carbocycles. The lowest BCUT2D eigenvalue weighted by molar-refractivity contribution is -0.139. The molecule has 1 aliphatic heterocycles. The van der Waals surface area contributed by atoms with Crippen LogP contribution in [0.5, 0.6) is 0 Å². The van der Waals surface area contributed by atoms with Crippen molar-refractivity contribution in [1.82, 2.24) is 9.62 Å². The third-order valence-corrected chi connectivity index (χ3v) is 8.89. The highest BCUT2D eigenvalue weighted by Gasteiger charge is 2.41. The molecule has 2 aromatic carbocycles. The minimum atomic E-state index is -4.77. The lowest BCUT2D eigenvalue weighted by Gasteiger charge is -2.43. The van der Waals surface area contributed by atoms with Gasteiger partial charge in [0.05, 0.1) is 10.5 Å². The van der Waals surface area contributed by atoms with Gasteiger partial charge < -0.3 is 5.32 Å². The summed E-state index contributed by atoms with van der Waals surface area (Å²) in [4.78, 5) is 12.1. The normalized spacial score (nSPS) is 19.6. The van der Waals surface area contributed by atoms with Gasteiger partial charge in [0, 0.05) is 31.0 Å². The maximum atomic E-state index is 13.3. The topological polar surface area (TPSA) is 66.5 Å². The molecule has 4 rings (SSSR count). The highest BCUT2D eigenvalue weighted by Crippen LogP contribution is 2.43. The Morgan fingerprint density at radius 2 is 1.61 bits per heavy atom. The Morgan fingerprint density at radius 3 is 2.18 bits per heavy atom. The summed E-state index contributed by atoms with van der Waals surface area (Å²) in [5.74, 6) is -0.479. The highest BCUT2D eigenvalue weighted by atomic mass is 32.2. The fourth-order valence-electron chi connectivity index (χ4n) is 4.79. The van der Waals surface area contributed by atoms with Crippen LogP contribution in [0.3, 0.4) is 0 Å². The van der Waals surface area contributed by atoms with E-state index in [0.717, 1.165) is 35.7 Å². The fourth-order valence-corrected chi connectivity index (χ4v) is 6.47. The number of benzene rings is 2. The summed E-state index contributed by atoms with van der Waals surface area (Å²) in [6.07, 6.45) is -1.09. The highest BCUT2D eigenvalue weighted by molar-refractivity contribution is 7.89. The Balaban J connectivity index is 1.38. The van der Waals surface area contributed by atoms with E-state index in [4.69, 9.17) is 0 Å². The average Bonchev–Trinajstić information content (AvgIpc) is 2.78. The van der Waals surface area contributed by atoms with Gasteiger partial charge in [-0.05, 0) is 43.4 Å². The number of alkyl halides is 3. The predicted octanol–water partition coefficient (Wildman–Crippen LogP) is 4.34. The Morgan fingerprint density at radius 1 is 1.00 bits per heavy atom. The van der Waals surface area contributed by atoms with Crippen LogP contribution in [0.25, 0.3) is 0 Å². The number of hydrogen-bond acceptors (Lipinski definition) is 3. The molecule has 33 heavy (non-hydrogen) atoms. The van der Waals surface area contributed by atoms with Crippen molar-refractivity contribution in [2.45, 2.75) is 48.6 Å². The van der Waals surface area contributed by atoms with Crippen molar-refractivity contribution in [2.75, 3.05) is 19.6 Å². The van der Waals surface area contributed by atoms with Crippen LogP contribution in [-0.2, 0) is 26.4 Å². The molecule has 9 heteroatoms. The van der Waals surface area contributed by atoms with Gasteiger partial charge in [-0.1, -0.05) is 48.9 Å². The molecule has 2 aromatic rings. The van der Waals surface area contributed by atoms with Crippen molar-refractivity contribution in [1.29, 1.82) is 0 Å². The lowest BCUT2D eigenvalue weighted by Crippen LogP contribution is -2.48. The summed E-state index contributed by atoms with van der Waals surface area (Å²) in [7, 11) is -4.31. The second-order valence-electron chi connectivity index (χ2n) is 8.89. The quantitative estimate of drug-likeness (QED) is 0.669. The zero-order valence-electron chi connectivity index (χ0n) is 18.1. The fraction of sp³-hybridized carbons (Fsp3) is 0.458. The van der Waals surface area contributed by atoms with Crippen molar-refractivity contribution < 1.29 is 26.4 Å². The standard InChI is InChI=1S/C24H27F3N2O3S/c25-24(26,27)20-9-4-5-10-21(20)33(31,32)29-15-11-18(12-16-29)22(30)28-17-23(13-6-14-23)19-7-2-1-3-8-19/h1-5,7-10,18H,6,11-17H2,(H,28,30). The minimum Gasteiger partial charge on any atom is -0.355 e. The number of amides is 1. The van der Waals surface area contributed by atoms with Crippen LogP contribution in [0.1, 0.15) is 43.2 Å². The van der Waals surface area contributed by atoms with E-state index in [-0.39, 0.29) is 43.2 Å². The molecule has 1 amide bonds. The van der Waals surface area contributed by atoms with E-state index in [0.29, 0.717) is 6.54 Å². The Bertz CT molecular complexity index is 1090. The van der Waals surface area contributed by atoms with E-state index in [1.54, 1.807) is 0 Å². The summed E-state index contributed by atoms with van der Waals surface area (Å²) in [6.45, 7) is 0.556. The van der Waals surface area contributed by atoms with E-state index in [2.05, 4.69) is 17.4 Å². The van der Waals surface area contributed by atoms with Crippen LogP contribution in [0.2, 0.25) is 0 Å². The molecule has 5 nitrogen and oxygen atoms in total. The molecule has 178 valence electrons. The molecular formula is C24H27F3N2O3S. The molecular weight excluding hydrogens is 453 g/mol. The number of halogens is 3. The second-order valence-corrected chi connectivity index (χ2v) is 10.8. The smallest absolute Gasteiger partial charge is 0.355 e. The van der Waals surface area contributed by atoms with Crippen LogP contribution >= 0.6 is 0 Å². The maximum Gasteiger partial charge on any atom is 0.417 e. The third kappa shape index (κ3) is 4.80. The Kier molecular flexibility index (Phi) is 6.55. The zero-order valence-corrected chi connectivity index (χ0v) is 19.0. The zero-order chi connectivity index (χ0) is 23.7. The van der Waals surface area contributed by atoms with Gasteiger partial charge in [-0.25, -0.2) is 8.42 Å². The van der Waals surface area contributed by atoms with Crippen molar-refractivity contribution >= 4 is 15.9 Å². The molecule has 0 atom stereocenters. The van der Waals surface area contributed by atoms with Crippen LogP contribution in [0.4, 0.5) is 13.2 Å². The molecule has 0 bridgehead atoms. The van der Waals surface area contributed by atoms with Gasteiger partial charge in [0.1, 0.15) is 0 Å². The van der Waals surface area contributed by atoms with E-state index in [1.165, 1.54) is 17.7 Å². The Hall–Kier alpha value is -2.39. The summed E-state index contributed by atoms with van der Waals surface area (Å²) in [6, 6.07) is 14.3. The summed E-state index contributed by atoms with van der Waals surface area (Å²) < 4.78 is 66.8. The van der Waals surface area contributed by atoms with Crippen molar-refractivity contribution in [3.63, 3.8) is 0 Å². The molecule has 1 heterocycles. The Labute approximate surface area is 192 Å². The first-order valence-corrected chi connectivity index (χ1v) is 12.6. The minimum absolute atomic E-state index is 0.0104. The molecule has 0 radical (unpaired) electrons. The second kappa shape index (κ2) is 9.10. The molecule has 2 aliphatic rings. The molecule has 0 aromatic heterocycles. The monoisotopic (exact) mass is 480 g/mol. The summed E-state index contributed by atoms with van der Waals surface area (Å²) >= 11 is 0. The van der Waals surface area contributed by atoms with Gasteiger partial charge in [0.2, 0.25) is 15.9 Å². The van der Waals surface area contributed by atoms with Gasteiger partial charge in [0.15, 0.2) is 0 Å². The van der Waals surface area contributed by atoms with E-state index < -0.39 is 26.7 Å². The number of sulfonamides is 1. The number of hydrogen-bond donors (Lipinski definition) is 1. The summed E-state index contributed by atoms with van der Waals surface area (Å²) in [5.41, 5.74) is -0.0141. The van der Waals surface area contributed by atoms with Crippen molar-refractivity contribution in [3.05, 3.63) is 65.7 Å². The van der Waals surface area contributed by atoms with Crippen molar-refractivity contribution in [3.8, 4) is 0 Å². The summed E-state index contributed by atoms with van der Waals surface area (Å²) in [5, 5.41) is 3.05. The van der Waals surface area contributed by atoms with Gasteiger partial charge in [-0.15, -0.1) is 0 Å². The van der Waals surface area contributed by atoms with E-state index >= 15 is 0 Å².